The molecular weight excluding hydrogens is 263 g/mol. The van der Waals surface area contributed by atoms with Crippen LogP contribution in [0.15, 0.2) is 53.5 Å². The monoisotopic (exact) mass is 282 g/mol. The van der Waals surface area contributed by atoms with Gasteiger partial charge >= 0.3 is 0 Å². The summed E-state index contributed by atoms with van der Waals surface area (Å²) in [6, 6.07) is 15.2. The highest BCUT2D eigenvalue weighted by molar-refractivity contribution is 5.99. The predicted octanol–water partition coefficient (Wildman–Crippen LogP) is 3.99. The molecule has 0 unspecified atom stereocenters. The topological polar surface area (TPSA) is 15.6 Å². The normalized spacial score (nSPS) is 14.4. The van der Waals surface area contributed by atoms with Gasteiger partial charge < -0.3 is 4.90 Å². The molecule has 3 heteroatoms. The summed E-state index contributed by atoms with van der Waals surface area (Å²) >= 11 is 0. The Morgan fingerprint density at radius 2 is 1.95 bits per heavy atom. The molecule has 0 aromatic heterocycles. The van der Waals surface area contributed by atoms with Crippen LogP contribution in [-0.2, 0) is 6.42 Å². The van der Waals surface area contributed by atoms with Gasteiger partial charge in [0.05, 0.1) is 6.54 Å². The number of aryl methyl sites for hydroxylation is 2. The number of aliphatic imine (C=N–C) groups is 1. The minimum absolute atomic E-state index is 0.197. The summed E-state index contributed by atoms with van der Waals surface area (Å²) in [4.78, 5) is 6.71. The fraction of sp³-hybridized carbons (Fsp3) is 0.278. The van der Waals surface area contributed by atoms with Crippen molar-refractivity contribution >= 4 is 11.5 Å². The Morgan fingerprint density at radius 3 is 2.76 bits per heavy atom. The van der Waals surface area contributed by atoms with Crippen LogP contribution in [0.2, 0.25) is 0 Å². The van der Waals surface area contributed by atoms with Gasteiger partial charge in [0, 0.05) is 18.7 Å². The number of amidine groups is 1. The van der Waals surface area contributed by atoms with Crippen LogP contribution in [0.5, 0.6) is 0 Å². The van der Waals surface area contributed by atoms with Crippen molar-refractivity contribution < 1.29 is 4.39 Å². The van der Waals surface area contributed by atoms with Crippen molar-refractivity contribution in [2.75, 3.05) is 18.0 Å². The summed E-state index contributed by atoms with van der Waals surface area (Å²) in [5, 5.41) is 0. The maximum absolute atomic E-state index is 13.4. The van der Waals surface area contributed by atoms with Crippen LogP contribution in [0.25, 0.3) is 0 Å². The van der Waals surface area contributed by atoms with E-state index in [2.05, 4.69) is 41.1 Å². The number of halogens is 1. The van der Waals surface area contributed by atoms with Gasteiger partial charge in [0.2, 0.25) is 0 Å². The molecule has 0 amide bonds. The predicted molar refractivity (Wildman–Crippen MR) is 85.5 cm³/mol. The van der Waals surface area contributed by atoms with Crippen LogP contribution >= 0.6 is 0 Å². The van der Waals surface area contributed by atoms with Crippen LogP contribution in [-0.4, -0.2) is 18.9 Å². The van der Waals surface area contributed by atoms with Crippen molar-refractivity contribution in [1.82, 2.24) is 0 Å². The Labute approximate surface area is 124 Å². The molecule has 1 aliphatic heterocycles. The van der Waals surface area contributed by atoms with E-state index in [1.54, 1.807) is 12.1 Å². The second kappa shape index (κ2) is 6.08. The molecule has 0 spiro atoms. The lowest BCUT2D eigenvalue weighted by Crippen LogP contribution is -2.27. The molecule has 0 bridgehead atoms. The van der Waals surface area contributed by atoms with E-state index in [0.717, 1.165) is 37.5 Å². The first-order valence-corrected chi connectivity index (χ1v) is 7.35. The number of benzene rings is 2. The van der Waals surface area contributed by atoms with Gasteiger partial charge in [-0.1, -0.05) is 30.3 Å². The smallest absolute Gasteiger partial charge is 0.125 e. The summed E-state index contributed by atoms with van der Waals surface area (Å²) in [7, 11) is 0. The Kier molecular flexibility index (Phi) is 4.00. The SMILES string of the molecule is Cc1ccccc1CCC1=NCCN1c1cccc(F)c1. The van der Waals surface area contributed by atoms with Crippen LogP contribution in [0, 0.1) is 12.7 Å². The van der Waals surface area contributed by atoms with Crippen molar-refractivity contribution in [3.63, 3.8) is 0 Å². The van der Waals surface area contributed by atoms with Crippen LogP contribution in [0.1, 0.15) is 17.5 Å². The Balaban J connectivity index is 1.72. The highest BCUT2D eigenvalue weighted by Crippen LogP contribution is 2.21. The second-order valence-corrected chi connectivity index (χ2v) is 5.36. The summed E-state index contributed by atoms with van der Waals surface area (Å²) < 4.78 is 13.4. The van der Waals surface area contributed by atoms with Crippen LogP contribution < -0.4 is 4.90 Å². The third-order valence-corrected chi connectivity index (χ3v) is 3.93. The van der Waals surface area contributed by atoms with Crippen molar-refractivity contribution in [3.05, 3.63) is 65.5 Å². The number of nitrogens with zero attached hydrogens (tertiary/aromatic N) is 2. The van der Waals surface area contributed by atoms with E-state index in [-0.39, 0.29) is 5.82 Å². The average molecular weight is 282 g/mol. The summed E-state index contributed by atoms with van der Waals surface area (Å²) in [6.45, 7) is 3.77. The molecule has 0 saturated heterocycles. The molecule has 1 aliphatic rings. The molecule has 108 valence electrons. The maximum atomic E-state index is 13.4. The fourth-order valence-electron chi connectivity index (χ4n) is 2.77. The molecule has 0 aliphatic carbocycles. The first-order chi connectivity index (χ1) is 10.2. The third-order valence-electron chi connectivity index (χ3n) is 3.93. The average Bonchev–Trinajstić information content (AvgIpc) is 2.95. The first-order valence-electron chi connectivity index (χ1n) is 7.35. The largest absolute Gasteiger partial charge is 0.328 e. The molecule has 2 aromatic carbocycles. The highest BCUT2D eigenvalue weighted by atomic mass is 19.1. The van der Waals surface area contributed by atoms with Crippen molar-refractivity contribution in [2.45, 2.75) is 19.8 Å². The fourth-order valence-corrected chi connectivity index (χ4v) is 2.77. The standard InChI is InChI=1S/C18H19FN2/c1-14-5-2-3-6-15(14)9-10-18-20-11-12-21(18)17-8-4-7-16(19)13-17/h2-8,13H,9-12H2,1H3. The Bertz CT molecular complexity index is 664. The van der Waals surface area contributed by atoms with Crippen molar-refractivity contribution in [2.24, 2.45) is 4.99 Å². The van der Waals surface area contributed by atoms with E-state index in [1.165, 1.54) is 17.2 Å². The zero-order valence-corrected chi connectivity index (χ0v) is 12.2. The first kappa shape index (κ1) is 13.8. The van der Waals surface area contributed by atoms with Crippen LogP contribution in [0.4, 0.5) is 10.1 Å². The minimum atomic E-state index is -0.197. The molecule has 0 radical (unpaired) electrons. The number of hydrogen-bond donors (Lipinski definition) is 0. The lowest BCUT2D eigenvalue weighted by atomic mass is 10.0. The molecule has 0 atom stereocenters. The second-order valence-electron chi connectivity index (χ2n) is 5.36. The summed E-state index contributed by atoms with van der Waals surface area (Å²) in [5.41, 5.74) is 3.57. The number of rotatable bonds is 4. The van der Waals surface area contributed by atoms with E-state index in [0.29, 0.717) is 0 Å². The van der Waals surface area contributed by atoms with Gasteiger partial charge in [-0.25, -0.2) is 4.39 Å². The van der Waals surface area contributed by atoms with Gasteiger partial charge in [0.15, 0.2) is 0 Å². The van der Waals surface area contributed by atoms with Gasteiger partial charge in [-0.05, 0) is 42.7 Å². The minimum Gasteiger partial charge on any atom is -0.328 e. The Morgan fingerprint density at radius 1 is 1.10 bits per heavy atom. The van der Waals surface area contributed by atoms with Gasteiger partial charge in [0.25, 0.3) is 0 Å². The Hall–Kier alpha value is -2.16. The van der Waals surface area contributed by atoms with Gasteiger partial charge in [-0.15, -0.1) is 0 Å². The summed E-state index contributed by atoms with van der Waals surface area (Å²) in [6.07, 6.45) is 1.86. The molecule has 1 heterocycles. The van der Waals surface area contributed by atoms with E-state index in [9.17, 15) is 4.39 Å². The maximum Gasteiger partial charge on any atom is 0.125 e. The zero-order valence-electron chi connectivity index (χ0n) is 12.2. The van der Waals surface area contributed by atoms with Crippen LogP contribution in [0.3, 0.4) is 0 Å². The van der Waals surface area contributed by atoms with E-state index < -0.39 is 0 Å². The molecular formula is C18H19FN2. The van der Waals surface area contributed by atoms with E-state index >= 15 is 0 Å². The zero-order chi connectivity index (χ0) is 14.7. The molecule has 2 nitrogen and oxygen atoms in total. The molecule has 0 saturated carbocycles. The quantitative estimate of drug-likeness (QED) is 0.828. The number of hydrogen-bond acceptors (Lipinski definition) is 2. The molecule has 21 heavy (non-hydrogen) atoms. The third kappa shape index (κ3) is 3.13. The lowest BCUT2D eigenvalue weighted by Gasteiger charge is -2.20. The van der Waals surface area contributed by atoms with E-state index in [4.69, 9.17) is 0 Å². The summed E-state index contributed by atoms with van der Waals surface area (Å²) in [5.74, 6) is 0.863. The van der Waals surface area contributed by atoms with Gasteiger partial charge in [-0.3, -0.25) is 4.99 Å². The molecule has 3 rings (SSSR count). The molecule has 0 N–H and O–H groups in total. The van der Waals surface area contributed by atoms with E-state index in [1.807, 2.05) is 6.07 Å². The highest BCUT2D eigenvalue weighted by Gasteiger charge is 2.18. The van der Waals surface area contributed by atoms with Gasteiger partial charge in [-0.2, -0.15) is 0 Å². The van der Waals surface area contributed by atoms with Crippen molar-refractivity contribution in [1.29, 1.82) is 0 Å². The molecule has 0 fully saturated rings. The van der Waals surface area contributed by atoms with Gasteiger partial charge in [0.1, 0.15) is 11.7 Å². The molecule has 2 aromatic rings. The lowest BCUT2D eigenvalue weighted by molar-refractivity contribution is 0.628. The number of anilines is 1. The van der Waals surface area contributed by atoms with Crippen molar-refractivity contribution in [3.8, 4) is 0 Å².